The second-order valence-corrected chi connectivity index (χ2v) is 6.93. The van der Waals surface area contributed by atoms with Crippen molar-refractivity contribution in [3.8, 4) is 0 Å². The van der Waals surface area contributed by atoms with Crippen LogP contribution in [0, 0.1) is 5.82 Å². The number of benzene rings is 1. The van der Waals surface area contributed by atoms with Crippen LogP contribution < -0.4 is 10.6 Å². The highest BCUT2D eigenvalue weighted by molar-refractivity contribution is 6.07. The van der Waals surface area contributed by atoms with Crippen LogP contribution in [-0.2, 0) is 9.53 Å². The molecule has 0 spiro atoms. The summed E-state index contributed by atoms with van der Waals surface area (Å²) in [6.45, 7) is 8.70. The molecule has 1 amide bonds. The van der Waals surface area contributed by atoms with Crippen LogP contribution in [0.3, 0.4) is 0 Å². The van der Waals surface area contributed by atoms with Crippen molar-refractivity contribution in [1.82, 2.24) is 9.88 Å². The first-order valence-corrected chi connectivity index (χ1v) is 10.0. The number of amidine groups is 1. The predicted octanol–water partition coefficient (Wildman–Crippen LogP) is 4.11. The van der Waals surface area contributed by atoms with Crippen LogP contribution in [0.2, 0.25) is 0 Å². The van der Waals surface area contributed by atoms with Crippen molar-refractivity contribution in [2.75, 3.05) is 36.9 Å². The second kappa shape index (κ2) is 11.0. The third-order valence-electron chi connectivity index (χ3n) is 4.74. The molecular formula is C23H26FN5O2. The Labute approximate surface area is 181 Å². The SMILES string of the molecule is C=C/C(=C\N=C(/C)N1CCCOCC1)C(=O)Nc1ccncc1Nc1ccc(F)cc1. The van der Waals surface area contributed by atoms with E-state index >= 15 is 0 Å². The lowest BCUT2D eigenvalue weighted by Gasteiger charge is -2.20. The number of hydrogen-bond donors (Lipinski definition) is 2. The first kappa shape index (κ1) is 22.2. The minimum Gasteiger partial charge on any atom is -0.380 e. The summed E-state index contributed by atoms with van der Waals surface area (Å²) < 4.78 is 18.6. The van der Waals surface area contributed by atoms with Gasteiger partial charge in [-0.15, -0.1) is 0 Å². The average Bonchev–Trinajstić information content (AvgIpc) is 3.07. The number of rotatable bonds is 6. The van der Waals surface area contributed by atoms with Gasteiger partial charge in [-0.2, -0.15) is 0 Å². The Morgan fingerprint density at radius 3 is 2.81 bits per heavy atom. The number of carbonyl (C=O) groups is 1. The van der Waals surface area contributed by atoms with E-state index in [1.165, 1.54) is 24.4 Å². The highest BCUT2D eigenvalue weighted by Crippen LogP contribution is 2.25. The van der Waals surface area contributed by atoms with E-state index in [4.69, 9.17) is 4.74 Å². The monoisotopic (exact) mass is 423 g/mol. The fourth-order valence-electron chi connectivity index (χ4n) is 3.00. The van der Waals surface area contributed by atoms with Gasteiger partial charge in [-0.05, 0) is 43.7 Å². The molecule has 2 aromatic rings. The summed E-state index contributed by atoms with van der Waals surface area (Å²) in [4.78, 5) is 23.5. The maximum atomic E-state index is 13.1. The van der Waals surface area contributed by atoms with Gasteiger partial charge in [-0.3, -0.25) is 9.78 Å². The van der Waals surface area contributed by atoms with E-state index in [-0.39, 0.29) is 11.7 Å². The lowest BCUT2D eigenvalue weighted by molar-refractivity contribution is -0.112. The lowest BCUT2D eigenvalue weighted by Crippen LogP contribution is -2.31. The molecule has 7 nitrogen and oxygen atoms in total. The van der Waals surface area contributed by atoms with Crippen molar-refractivity contribution < 1.29 is 13.9 Å². The Bertz CT molecular complexity index is 964. The normalized spacial score (nSPS) is 15.2. The van der Waals surface area contributed by atoms with Gasteiger partial charge >= 0.3 is 0 Å². The van der Waals surface area contributed by atoms with Gasteiger partial charge in [0.15, 0.2) is 0 Å². The molecule has 0 aliphatic carbocycles. The van der Waals surface area contributed by atoms with Crippen LogP contribution in [0.15, 0.2) is 72.1 Å². The van der Waals surface area contributed by atoms with Crippen LogP contribution in [0.4, 0.5) is 21.5 Å². The van der Waals surface area contributed by atoms with Crippen molar-refractivity contribution >= 4 is 28.8 Å². The van der Waals surface area contributed by atoms with E-state index < -0.39 is 0 Å². The van der Waals surface area contributed by atoms with E-state index in [9.17, 15) is 9.18 Å². The van der Waals surface area contributed by atoms with Gasteiger partial charge in [0.25, 0.3) is 5.91 Å². The molecule has 1 aliphatic heterocycles. The van der Waals surface area contributed by atoms with Crippen molar-refractivity contribution in [3.63, 3.8) is 0 Å². The molecule has 162 valence electrons. The molecule has 8 heteroatoms. The van der Waals surface area contributed by atoms with Crippen LogP contribution in [0.5, 0.6) is 0 Å². The molecule has 3 rings (SSSR count). The molecule has 1 fully saturated rings. The Balaban J connectivity index is 1.71. The van der Waals surface area contributed by atoms with Crippen molar-refractivity contribution in [2.24, 2.45) is 4.99 Å². The Hall–Kier alpha value is -3.52. The van der Waals surface area contributed by atoms with Gasteiger partial charge in [0.1, 0.15) is 11.7 Å². The molecular weight excluding hydrogens is 397 g/mol. The zero-order valence-electron chi connectivity index (χ0n) is 17.5. The third kappa shape index (κ3) is 6.48. The van der Waals surface area contributed by atoms with Gasteiger partial charge in [0.2, 0.25) is 0 Å². The summed E-state index contributed by atoms with van der Waals surface area (Å²) in [5.74, 6) is 0.147. The highest BCUT2D eigenvalue weighted by atomic mass is 19.1. The van der Waals surface area contributed by atoms with Crippen molar-refractivity contribution in [2.45, 2.75) is 13.3 Å². The zero-order valence-corrected chi connectivity index (χ0v) is 17.5. The number of carbonyl (C=O) groups excluding carboxylic acids is 1. The Kier molecular flexibility index (Phi) is 7.89. The molecule has 0 atom stereocenters. The predicted molar refractivity (Wildman–Crippen MR) is 121 cm³/mol. The molecule has 2 heterocycles. The van der Waals surface area contributed by atoms with E-state index in [0.29, 0.717) is 29.2 Å². The van der Waals surface area contributed by atoms with Crippen LogP contribution in [-0.4, -0.2) is 47.9 Å². The quantitative estimate of drug-likeness (QED) is 0.316. The Morgan fingerprint density at radius 2 is 2.03 bits per heavy atom. The van der Waals surface area contributed by atoms with Crippen LogP contribution >= 0.6 is 0 Å². The molecule has 1 aromatic carbocycles. The van der Waals surface area contributed by atoms with E-state index in [1.807, 2.05) is 6.92 Å². The molecule has 0 saturated carbocycles. The number of amides is 1. The summed E-state index contributed by atoms with van der Waals surface area (Å²) >= 11 is 0. The van der Waals surface area contributed by atoms with Crippen LogP contribution in [0.1, 0.15) is 13.3 Å². The van der Waals surface area contributed by atoms with Gasteiger partial charge in [0, 0.05) is 37.8 Å². The van der Waals surface area contributed by atoms with E-state index in [1.54, 1.807) is 30.6 Å². The van der Waals surface area contributed by atoms with Crippen molar-refractivity contribution in [1.29, 1.82) is 0 Å². The molecule has 2 N–H and O–H groups in total. The third-order valence-corrected chi connectivity index (χ3v) is 4.74. The second-order valence-electron chi connectivity index (χ2n) is 6.93. The fraction of sp³-hybridized carbons (Fsp3) is 0.261. The number of nitrogens with one attached hydrogen (secondary N) is 2. The van der Waals surface area contributed by atoms with E-state index in [0.717, 1.165) is 32.0 Å². The average molecular weight is 423 g/mol. The smallest absolute Gasteiger partial charge is 0.257 e. The van der Waals surface area contributed by atoms with E-state index in [2.05, 4.69) is 32.1 Å². The largest absolute Gasteiger partial charge is 0.380 e. The number of hydrogen-bond acceptors (Lipinski definition) is 5. The standard InChI is InChI=1S/C23H26FN5O2/c1-3-18(15-26-17(2)29-11-4-13-31-14-12-29)23(30)28-21-9-10-25-16-22(21)27-20-7-5-19(24)6-8-20/h3,5-10,15-16,27H,1,4,11-14H2,2H3,(H,25,28,30)/b18-15+,26-17+. The van der Waals surface area contributed by atoms with Gasteiger partial charge < -0.3 is 20.3 Å². The maximum Gasteiger partial charge on any atom is 0.257 e. The molecule has 0 bridgehead atoms. The molecule has 0 unspecified atom stereocenters. The lowest BCUT2D eigenvalue weighted by atomic mass is 10.2. The number of aliphatic imine (C=N–C) groups is 1. The first-order chi connectivity index (χ1) is 15.1. The zero-order chi connectivity index (χ0) is 22.1. The summed E-state index contributed by atoms with van der Waals surface area (Å²) in [5.41, 5.74) is 2.11. The number of pyridine rings is 1. The maximum absolute atomic E-state index is 13.1. The van der Waals surface area contributed by atoms with Gasteiger partial charge in [-0.25, -0.2) is 9.38 Å². The number of halogens is 1. The highest BCUT2D eigenvalue weighted by Gasteiger charge is 2.12. The minimum atomic E-state index is -0.348. The number of anilines is 3. The fourth-order valence-corrected chi connectivity index (χ4v) is 3.00. The van der Waals surface area contributed by atoms with Crippen molar-refractivity contribution in [3.05, 3.63) is 73.0 Å². The summed E-state index contributed by atoms with van der Waals surface area (Å²) in [7, 11) is 0. The number of ether oxygens (including phenoxy) is 1. The molecule has 1 aromatic heterocycles. The summed E-state index contributed by atoms with van der Waals surface area (Å²) in [6, 6.07) is 7.59. The molecule has 0 radical (unpaired) electrons. The van der Waals surface area contributed by atoms with Gasteiger partial charge in [0.05, 0.1) is 29.8 Å². The first-order valence-electron chi connectivity index (χ1n) is 10.0. The van der Waals surface area contributed by atoms with Gasteiger partial charge in [-0.1, -0.05) is 12.7 Å². The van der Waals surface area contributed by atoms with Crippen LogP contribution in [0.25, 0.3) is 0 Å². The molecule has 31 heavy (non-hydrogen) atoms. The molecule has 1 saturated heterocycles. The number of nitrogens with zero attached hydrogens (tertiary/aromatic N) is 3. The minimum absolute atomic E-state index is 0.324. The Morgan fingerprint density at radius 1 is 1.23 bits per heavy atom. The topological polar surface area (TPSA) is 78.8 Å². The number of aromatic nitrogens is 1. The molecule has 1 aliphatic rings. The summed E-state index contributed by atoms with van der Waals surface area (Å²) in [6.07, 6.45) is 7.08. The summed E-state index contributed by atoms with van der Waals surface area (Å²) in [5, 5.41) is 5.97.